The summed E-state index contributed by atoms with van der Waals surface area (Å²) in [6.45, 7) is 3.87. The molecule has 0 aliphatic carbocycles. The highest BCUT2D eigenvalue weighted by Crippen LogP contribution is 2.35. The minimum absolute atomic E-state index is 0.162. The van der Waals surface area contributed by atoms with Gasteiger partial charge in [0.05, 0.1) is 39.6 Å². The molecule has 0 fully saturated rings. The van der Waals surface area contributed by atoms with Crippen LogP contribution in [0.3, 0.4) is 0 Å². The van der Waals surface area contributed by atoms with Crippen LogP contribution >= 0.6 is 38.5 Å². The number of halogens is 3. The van der Waals surface area contributed by atoms with E-state index in [2.05, 4.69) is 59.7 Å². The predicted molar refractivity (Wildman–Crippen MR) is 177 cm³/mol. The number of urea groups is 1. The molecule has 3 aromatic carbocycles. The van der Waals surface area contributed by atoms with Gasteiger partial charge in [0.15, 0.2) is 17.7 Å². The number of hydrazone groups is 1. The second-order valence-electron chi connectivity index (χ2n) is 9.64. The van der Waals surface area contributed by atoms with Crippen molar-refractivity contribution in [1.82, 2.24) is 16.1 Å². The SMILES string of the molecule is CCOc1cc([C@H]2NC(=O)NC(C)=C2C(=O)OC)ccc1OC[C@H](O)N/N=C\c1cc(Br)c(OCc2ccc(F)cc2)c(I)c1. The highest BCUT2D eigenvalue weighted by atomic mass is 127. The summed E-state index contributed by atoms with van der Waals surface area (Å²) in [6, 6.07) is 13.6. The number of ether oxygens (including phenoxy) is 4. The van der Waals surface area contributed by atoms with Crippen LogP contribution in [0.4, 0.5) is 9.18 Å². The number of rotatable bonds is 13. The molecule has 2 atom stereocenters. The summed E-state index contributed by atoms with van der Waals surface area (Å²) < 4.78 is 37.1. The Hall–Kier alpha value is -3.89. The zero-order valence-electron chi connectivity index (χ0n) is 24.5. The maximum absolute atomic E-state index is 13.2. The number of aliphatic hydroxyl groups is 1. The molecule has 0 aromatic heterocycles. The molecule has 0 saturated carbocycles. The maximum atomic E-state index is 13.2. The van der Waals surface area contributed by atoms with Crippen LogP contribution in [0.5, 0.6) is 17.2 Å². The van der Waals surface area contributed by atoms with Crippen LogP contribution in [0.25, 0.3) is 0 Å². The molecule has 1 aliphatic rings. The van der Waals surface area contributed by atoms with Crippen molar-refractivity contribution in [3.05, 3.63) is 96.4 Å². The second kappa shape index (κ2) is 15.9. The van der Waals surface area contributed by atoms with E-state index in [0.717, 1.165) is 14.7 Å². The van der Waals surface area contributed by atoms with E-state index in [-0.39, 0.29) is 24.6 Å². The fourth-order valence-corrected chi connectivity index (χ4v) is 6.12. The Kier molecular flexibility index (Phi) is 12.0. The first-order valence-electron chi connectivity index (χ1n) is 13.7. The van der Waals surface area contributed by atoms with Crippen LogP contribution in [0.15, 0.2) is 75.4 Å². The van der Waals surface area contributed by atoms with E-state index in [4.69, 9.17) is 18.9 Å². The van der Waals surface area contributed by atoms with Crippen molar-refractivity contribution < 1.29 is 38.0 Å². The van der Waals surface area contributed by atoms with Crippen LogP contribution in [-0.4, -0.2) is 49.9 Å². The van der Waals surface area contributed by atoms with Crippen molar-refractivity contribution in [2.24, 2.45) is 5.10 Å². The Balaban J connectivity index is 1.37. The van der Waals surface area contributed by atoms with E-state index in [1.165, 1.54) is 19.2 Å². The van der Waals surface area contributed by atoms with Gasteiger partial charge < -0.3 is 34.7 Å². The third kappa shape index (κ3) is 9.08. The van der Waals surface area contributed by atoms with Crippen molar-refractivity contribution in [3.8, 4) is 17.2 Å². The monoisotopic (exact) mass is 796 g/mol. The third-order valence-electron chi connectivity index (χ3n) is 6.43. The largest absolute Gasteiger partial charge is 0.490 e. The molecule has 45 heavy (non-hydrogen) atoms. The average molecular weight is 797 g/mol. The van der Waals surface area contributed by atoms with Crippen molar-refractivity contribution in [2.75, 3.05) is 20.3 Å². The summed E-state index contributed by atoms with van der Waals surface area (Å²) in [5.74, 6) is 0.473. The lowest BCUT2D eigenvalue weighted by Gasteiger charge is -2.28. The lowest BCUT2D eigenvalue weighted by Crippen LogP contribution is -2.45. The van der Waals surface area contributed by atoms with Gasteiger partial charge in [0.1, 0.15) is 24.8 Å². The van der Waals surface area contributed by atoms with Gasteiger partial charge in [-0.05, 0) is 105 Å². The number of aliphatic hydroxyl groups excluding tert-OH is 1. The Labute approximate surface area is 281 Å². The molecule has 1 aliphatic heterocycles. The minimum atomic E-state index is -1.16. The van der Waals surface area contributed by atoms with Gasteiger partial charge in [-0.1, -0.05) is 18.2 Å². The number of allylic oxidation sites excluding steroid dienone is 1. The summed E-state index contributed by atoms with van der Waals surface area (Å²) >= 11 is 5.67. The van der Waals surface area contributed by atoms with Gasteiger partial charge in [-0.15, -0.1) is 0 Å². The highest BCUT2D eigenvalue weighted by molar-refractivity contribution is 14.1. The number of carbonyl (C=O) groups excluding carboxylic acids is 2. The Bertz CT molecular complexity index is 1580. The van der Waals surface area contributed by atoms with Crippen molar-refractivity contribution in [1.29, 1.82) is 0 Å². The fourth-order valence-electron chi connectivity index (χ4n) is 4.35. The van der Waals surface area contributed by atoms with Crippen LogP contribution in [0, 0.1) is 9.39 Å². The fraction of sp³-hybridized carbons (Fsp3) is 0.258. The second-order valence-corrected chi connectivity index (χ2v) is 11.7. The molecule has 0 saturated heterocycles. The topological polar surface area (TPSA) is 140 Å². The van der Waals surface area contributed by atoms with E-state index >= 15 is 0 Å². The zero-order chi connectivity index (χ0) is 32.5. The molecule has 2 amide bonds. The molecule has 1 heterocycles. The average Bonchev–Trinajstić information content (AvgIpc) is 3.00. The van der Waals surface area contributed by atoms with E-state index in [1.54, 1.807) is 43.5 Å². The van der Waals surface area contributed by atoms with Gasteiger partial charge in [0.25, 0.3) is 0 Å². The summed E-state index contributed by atoms with van der Waals surface area (Å²) in [4.78, 5) is 24.6. The van der Waals surface area contributed by atoms with Gasteiger partial charge in [0, 0.05) is 5.70 Å². The lowest BCUT2D eigenvalue weighted by molar-refractivity contribution is -0.136. The minimum Gasteiger partial charge on any atom is -0.490 e. The van der Waals surface area contributed by atoms with Crippen LogP contribution in [0.2, 0.25) is 0 Å². The van der Waals surface area contributed by atoms with Crippen LogP contribution < -0.4 is 30.3 Å². The van der Waals surface area contributed by atoms with E-state index in [0.29, 0.717) is 39.6 Å². The Morgan fingerprint density at radius 1 is 1.16 bits per heavy atom. The third-order valence-corrected chi connectivity index (χ3v) is 7.82. The number of carbonyl (C=O) groups is 2. The number of amides is 2. The molecule has 0 radical (unpaired) electrons. The number of hydrogen-bond donors (Lipinski definition) is 4. The quantitative estimate of drug-likeness (QED) is 0.0602. The van der Waals surface area contributed by atoms with Crippen molar-refractivity contribution in [2.45, 2.75) is 32.7 Å². The molecule has 11 nitrogen and oxygen atoms in total. The molecule has 4 rings (SSSR count). The number of nitrogens with one attached hydrogen (secondary N) is 3. The van der Waals surface area contributed by atoms with Gasteiger partial charge in [0.2, 0.25) is 0 Å². The number of nitrogens with zero attached hydrogens (tertiary/aromatic N) is 1. The van der Waals surface area contributed by atoms with Gasteiger partial charge in [-0.3, -0.25) is 5.43 Å². The highest BCUT2D eigenvalue weighted by Gasteiger charge is 2.32. The first-order valence-corrected chi connectivity index (χ1v) is 15.6. The molecule has 4 N–H and O–H groups in total. The molecule has 0 bridgehead atoms. The van der Waals surface area contributed by atoms with E-state index in [1.807, 2.05) is 19.1 Å². The zero-order valence-corrected chi connectivity index (χ0v) is 28.3. The number of esters is 1. The summed E-state index contributed by atoms with van der Waals surface area (Å²) in [5.41, 5.74) is 5.44. The van der Waals surface area contributed by atoms with Gasteiger partial charge in [-0.25, -0.2) is 14.0 Å². The molecular weight excluding hydrogens is 766 g/mol. The summed E-state index contributed by atoms with van der Waals surface area (Å²) in [7, 11) is 1.27. The summed E-state index contributed by atoms with van der Waals surface area (Å²) in [5, 5.41) is 19.9. The maximum Gasteiger partial charge on any atom is 0.337 e. The molecule has 3 aromatic rings. The van der Waals surface area contributed by atoms with Crippen LogP contribution in [-0.2, 0) is 16.1 Å². The predicted octanol–water partition coefficient (Wildman–Crippen LogP) is 5.29. The first kappa shape index (κ1) is 34.0. The standard InChI is InChI=1S/C31H31BrFIN4O7/c1-4-43-25-13-20(28-27(30(40)42-3)17(2)36-31(41)37-28)7-10-24(25)44-16-26(39)38-35-14-19-11-22(32)29(23(34)12-19)45-15-18-5-8-21(33)9-6-18/h5-14,26,28,38-39H,4,15-16H2,1-3H3,(H2,36,37,41)/b35-14-/t26-,28+/m0/s1. The molecule has 238 valence electrons. The Morgan fingerprint density at radius 3 is 2.60 bits per heavy atom. The van der Waals surface area contributed by atoms with Crippen LogP contribution in [0.1, 0.15) is 36.6 Å². The van der Waals surface area contributed by atoms with Crippen molar-refractivity contribution in [3.63, 3.8) is 0 Å². The lowest BCUT2D eigenvalue weighted by atomic mass is 9.95. The number of benzene rings is 3. The normalized spacial score (nSPS) is 15.3. The van der Waals surface area contributed by atoms with E-state index < -0.39 is 24.3 Å². The molecule has 0 unspecified atom stereocenters. The summed E-state index contributed by atoms with van der Waals surface area (Å²) in [6.07, 6.45) is 0.388. The molecular formula is C31H31BrFIN4O7. The van der Waals surface area contributed by atoms with Gasteiger partial charge >= 0.3 is 12.0 Å². The Morgan fingerprint density at radius 2 is 1.91 bits per heavy atom. The number of hydrogen-bond acceptors (Lipinski definition) is 9. The molecule has 0 spiro atoms. The number of methoxy groups -OCH3 is 1. The van der Waals surface area contributed by atoms with Gasteiger partial charge in [-0.2, -0.15) is 5.10 Å². The smallest absolute Gasteiger partial charge is 0.337 e. The van der Waals surface area contributed by atoms with Crippen molar-refractivity contribution >= 4 is 56.7 Å². The van der Waals surface area contributed by atoms with E-state index in [9.17, 15) is 19.1 Å². The first-order chi connectivity index (χ1) is 21.6. The molecule has 14 heteroatoms.